The number of rotatable bonds is 2. The van der Waals surface area contributed by atoms with Gasteiger partial charge in [-0.3, -0.25) is 0 Å². The van der Waals surface area contributed by atoms with Crippen molar-refractivity contribution in [2.45, 2.75) is 31.9 Å². The molecule has 1 saturated carbocycles. The second-order valence-corrected chi connectivity index (χ2v) is 4.36. The van der Waals surface area contributed by atoms with Gasteiger partial charge in [0.25, 0.3) is 0 Å². The van der Waals surface area contributed by atoms with Gasteiger partial charge < -0.3 is 0 Å². The van der Waals surface area contributed by atoms with Crippen LogP contribution in [0.4, 0.5) is 17.6 Å². The molecule has 0 saturated heterocycles. The highest BCUT2D eigenvalue weighted by Gasteiger charge is 2.36. The summed E-state index contributed by atoms with van der Waals surface area (Å²) >= 11 is 0. The molecule has 0 aromatic heterocycles. The molecule has 1 aromatic carbocycles. The highest BCUT2D eigenvalue weighted by atomic mass is 19.4. The fraction of sp³-hybridized carbons (Fsp3) is 0.500. The molecule has 1 fully saturated rings. The van der Waals surface area contributed by atoms with Gasteiger partial charge in [0.05, 0.1) is 5.56 Å². The molecular weight excluding hydrogens is 220 g/mol. The van der Waals surface area contributed by atoms with Gasteiger partial charge in [0.2, 0.25) is 0 Å². The van der Waals surface area contributed by atoms with Crippen LogP contribution >= 0.6 is 0 Å². The lowest BCUT2D eigenvalue weighted by molar-refractivity contribution is -0.140. The zero-order chi connectivity index (χ0) is 11.9. The molecule has 88 valence electrons. The second-order valence-electron chi connectivity index (χ2n) is 4.36. The minimum Gasteiger partial charge on any atom is -0.206 e. The highest BCUT2D eigenvalue weighted by molar-refractivity contribution is 5.30. The van der Waals surface area contributed by atoms with Gasteiger partial charge in [-0.1, -0.05) is 13.0 Å². The largest absolute Gasteiger partial charge is 0.419 e. The molecule has 1 atom stereocenters. The molecule has 0 heterocycles. The minimum absolute atomic E-state index is 0.0849. The lowest BCUT2D eigenvalue weighted by atomic mass is 9.94. The highest BCUT2D eigenvalue weighted by Crippen LogP contribution is 2.43. The molecule has 1 unspecified atom stereocenters. The number of halogens is 4. The van der Waals surface area contributed by atoms with Crippen molar-refractivity contribution in [3.8, 4) is 0 Å². The Morgan fingerprint density at radius 3 is 2.38 bits per heavy atom. The van der Waals surface area contributed by atoms with Crippen LogP contribution in [0.2, 0.25) is 0 Å². The van der Waals surface area contributed by atoms with Crippen molar-refractivity contribution in [2.75, 3.05) is 0 Å². The van der Waals surface area contributed by atoms with Crippen LogP contribution in [0.5, 0.6) is 0 Å². The molecule has 0 bridgehead atoms. The van der Waals surface area contributed by atoms with Crippen LogP contribution in [-0.4, -0.2) is 0 Å². The molecular formula is C12H12F4. The van der Waals surface area contributed by atoms with E-state index < -0.39 is 17.6 Å². The number of alkyl halides is 3. The predicted octanol–water partition coefficient (Wildman–Crippen LogP) is 4.36. The van der Waals surface area contributed by atoms with Crippen molar-refractivity contribution in [1.29, 1.82) is 0 Å². The molecule has 1 aliphatic rings. The summed E-state index contributed by atoms with van der Waals surface area (Å²) in [6.45, 7) is 1.89. The van der Waals surface area contributed by atoms with Crippen LogP contribution in [0.1, 0.15) is 36.8 Å². The van der Waals surface area contributed by atoms with Crippen LogP contribution in [0.15, 0.2) is 18.2 Å². The zero-order valence-corrected chi connectivity index (χ0v) is 8.81. The molecule has 0 radical (unpaired) electrons. The van der Waals surface area contributed by atoms with Crippen LogP contribution in [0.25, 0.3) is 0 Å². The third-order valence-electron chi connectivity index (χ3n) is 3.15. The fourth-order valence-corrected chi connectivity index (χ4v) is 1.91. The summed E-state index contributed by atoms with van der Waals surface area (Å²) in [5, 5.41) is 0. The molecule has 0 nitrogen and oxygen atoms in total. The Labute approximate surface area is 91.3 Å². The van der Waals surface area contributed by atoms with E-state index in [1.807, 2.05) is 6.92 Å². The molecule has 16 heavy (non-hydrogen) atoms. The maximum atomic E-state index is 13.0. The van der Waals surface area contributed by atoms with E-state index >= 15 is 0 Å². The Morgan fingerprint density at radius 1 is 1.25 bits per heavy atom. The van der Waals surface area contributed by atoms with E-state index in [-0.39, 0.29) is 5.92 Å². The maximum absolute atomic E-state index is 13.0. The lowest BCUT2D eigenvalue weighted by Gasteiger charge is -2.14. The van der Waals surface area contributed by atoms with Crippen LogP contribution in [0.3, 0.4) is 0 Å². The van der Waals surface area contributed by atoms with E-state index in [0.717, 1.165) is 25.0 Å². The summed E-state index contributed by atoms with van der Waals surface area (Å²) in [5.74, 6) is -0.646. The Morgan fingerprint density at radius 2 is 1.88 bits per heavy atom. The summed E-state index contributed by atoms with van der Waals surface area (Å²) in [4.78, 5) is 0. The van der Waals surface area contributed by atoms with Gasteiger partial charge in [-0.05, 0) is 42.4 Å². The Kier molecular flexibility index (Phi) is 2.68. The lowest BCUT2D eigenvalue weighted by Crippen LogP contribution is -2.09. The first-order chi connectivity index (χ1) is 7.39. The van der Waals surface area contributed by atoms with Crippen molar-refractivity contribution < 1.29 is 17.6 Å². The van der Waals surface area contributed by atoms with E-state index in [2.05, 4.69) is 0 Å². The Hall–Kier alpha value is -1.06. The van der Waals surface area contributed by atoms with Crippen LogP contribution < -0.4 is 0 Å². The third kappa shape index (κ3) is 2.20. The van der Waals surface area contributed by atoms with Crippen molar-refractivity contribution >= 4 is 0 Å². The summed E-state index contributed by atoms with van der Waals surface area (Å²) in [7, 11) is 0. The minimum atomic E-state index is -4.61. The molecule has 0 amide bonds. The van der Waals surface area contributed by atoms with E-state index in [0.29, 0.717) is 11.5 Å². The Balaban J connectivity index is 2.34. The summed E-state index contributed by atoms with van der Waals surface area (Å²) < 4.78 is 50.4. The quantitative estimate of drug-likeness (QED) is 0.664. The molecule has 2 rings (SSSR count). The van der Waals surface area contributed by atoms with E-state index in [1.54, 1.807) is 0 Å². The predicted molar refractivity (Wildman–Crippen MR) is 52.5 cm³/mol. The topological polar surface area (TPSA) is 0 Å². The Bertz CT molecular complexity index is 390. The first-order valence-corrected chi connectivity index (χ1v) is 5.26. The number of hydrogen-bond acceptors (Lipinski definition) is 0. The van der Waals surface area contributed by atoms with Crippen molar-refractivity contribution in [3.63, 3.8) is 0 Å². The monoisotopic (exact) mass is 232 g/mol. The summed E-state index contributed by atoms with van der Waals surface area (Å²) in [6, 6.07) is 3.31. The smallest absolute Gasteiger partial charge is 0.206 e. The SMILES string of the molecule is CC(c1ccc(F)c(C(F)(F)F)c1)C1CC1. The molecule has 0 aliphatic heterocycles. The summed E-state index contributed by atoms with van der Waals surface area (Å²) in [5.41, 5.74) is -0.575. The normalized spacial score (nSPS) is 18.6. The van der Waals surface area contributed by atoms with Crippen LogP contribution in [0, 0.1) is 11.7 Å². The van der Waals surface area contributed by atoms with Gasteiger partial charge in [0, 0.05) is 0 Å². The standard InChI is InChI=1S/C12H12F4/c1-7(8-2-3-8)9-4-5-11(13)10(6-9)12(14,15)16/h4-8H,2-3H2,1H3. The van der Waals surface area contributed by atoms with Gasteiger partial charge >= 0.3 is 6.18 Å². The maximum Gasteiger partial charge on any atom is 0.419 e. The molecule has 4 heteroatoms. The molecule has 1 aromatic rings. The van der Waals surface area contributed by atoms with E-state index in [1.165, 1.54) is 6.07 Å². The third-order valence-corrected chi connectivity index (χ3v) is 3.15. The summed E-state index contributed by atoms with van der Waals surface area (Å²) in [6.07, 6.45) is -2.50. The van der Waals surface area contributed by atoms with Crippen LogP contribution in [-0.2, 0) is 6.18 Å². The van der Waals surface area contributed by atoms with E-state index in [4.69, 9.17) is 0 Å². The molecule has 0 spiro atoms. The van der Waals surface area contributed by atoms with Crippen molar-refractivity contribution in [1.82, 2.24) is 0 Å². The first-order valence-electron chi connectivity index (χ1n) is 5.26. The van der Waals surface area contributed by atoms with E-state index in [9.17, 15) is 17.6 Å². The van der Waals surface area contributed by atoms with Gasteiger partial charge in [-0.25, -0.2) is 4.39 Å². The van der Waals surface area contributed by atoms with Crippen molar-refractivity contribution in [2.24, 2.45) is 5.92 Å². The van der Waals surface area contributed by atoms with Gasteiger partial charge in [-0.2, -0.15) is 13.2 Å². The molecule has 1 aliphatic carbocycles. The first kappa shape index (κ1) is 11.4. The average Bonchev–Trinajstić information content (AvgIpc) is 2.98. The fourth-order valence-electron chi connectivity index (χ4n) is 1.91. The zero-order valence-electron chi connectivity index (χ0n) is 8.81. The van der Waals surface area contributed by atoms with Gasteiger partial charge in [-0.15, -0.1) is 0 Å². The number of benzene rings is 1. The molecule has 0 N–H and O–H groups in total. The average molecular weight is 232 g/mol. The second kappa shape index (κ2) is 3.75. The number of hydrogen-bond donors (Lipinski definition) is 0. The van der Waals surface area contributed by atoms with Gasteiger partial charge in [0.15, 0.2) is 0 Å². The van der Waals surface area contributed by atoms with Crippen molar-refractivity contribution in [3.05, 3.63) is 35.1 Å². The van der Waals surface area contributed by atoms with Gasteiger partial charge in [0.1, 0.15) is 5.82 Å².